The first-order valence-electron chi connectivity index (χ1n) is 14.3. The number of ether oxygens (including phenoxy) is 4. The Morgan fingerprint density at radius 2 is 1.57 bits per heavy atom. The zero-order chi connectivity index (χ0) is 30.2. The van der Waals surface area contributed by atoms with Crippen molar-refractivity contribution in [3.63, 3.8) is 0 Å². The molecular weight excluding hydrogens is 536 g/mol. The van der Waals surface area contributed by atoms with E-state index in [-0.39, 0.29) is 25.6 Å². The Morgan fingerprint density at radius 3 is 2.26 bits per heavy atom. The van der Waals surface area contributed by atoms with Crippen molar-refractivity contribution in [2.24, 2.45) is 0 Å². The molecule has 0 saturated heterocycles. The van der Waals surface area contributed by atoms with Gasteiger partial charge in [-0.15, -0.1) is 0 Å². The summed E-state index contributed by atoms with van der Waals surface area (Å²) >= 11 is 0. The molecule has 0 aliphatic carbocycles. The van der Waals surface area contributed by atoms with Crippen molar-refractivity contribution in [1.29, 1.82) is 0 Å². The standard InChI is InChI=1S/C32H44N4O6/c1-32(2,3)42-31(38)36(15-17-40-19-21-41-20-18-39-16-14-33-4)24-29(25-8-6-5-7-9-25)30(37)35-28-11-10-27-23-34-13-12-26(27)22-28/h5-13,22-23,29,33H,14-21,24H2,1-4H3,(H,35,37)/t29-/m1/s1. The summed E-state index contributed by atoms with van der Waals surface area (Å²) in [6.07, 6.45) is 2.99. The van der Waals surface area contributed by atoms with Crippen molar-refractivity contribution < 1.29 is 28.5 Å². The Hall–Kier alpha value is -3.57. The van der Waals surface area contributed by atoms with Crippen LogP contribution < -0.4 is 10.6 Å². The first-order valence-corrected chi connectivity index (χ1v) is 14.3. The molecule has 228 valence electrons. The van der Waals surface area contributed by atoms with Crippen LogP contribution in [0.2, 0.25) is 0 Å². The predicted molar refractivity (Wildman–Crippen MR) is 164 cm³/mol. The molecule has 1 heterocycles. The molecular formula is C32H44N4O6. The van der Waals surface area contributed by atoms with Crippen molar-refractivity contribution in [2.45, 2.75) is 32.3 Å². The molecule has 0 spiro atoms. The number of hydrogen-bond donors (Lipinski definition) is 2. The molecule has 1 atom stereocenters. The molecule has 2 aromatic carbocycles. The minimum absolute atomic E-state index is 0.117. The molecule has 0 saturated carbocycles. The van der Waals surface area contributed by atoms with Gasteiger partial charge in [0.1, 0.15) is 5.60 Å². The third-order valence-electron chi connectivity index (χ3n) is 6.23. The highest BCUT2D eigenvalue weighted by atomic mass is 16.6. The Bertz CT molecular complexity index is 1230. The van der Waals surface area contributed by atoms with E-state index in [1.165, 1.54) is 4.90 Å². The van der Waals surface area contributed by atoms with Crippen LogP contribution in [-0.2, 0) is 23.7 Å². The van der Waals surface area contributed by atoms with E-state index in [9.17, 15) is 9.59 Å². The van der Waals surface area contributed by atoms with Gasteiger partial charge in [0.25, 0.3) is 0 Å². The first kappa shape index (κ1) is 32.9. The van der Waals surface area contributed by atoms with Crippen LogP contribution in [0.4, 0.5) is 10.5 Å². The maximum Gasteiger partial charge on any atom is 0.410 e. The van der Waals surface area contributed by atoms with Crippen LogP contribution in [0.1, 0.15) is 32.3 Å². The summed E-state index contributed by atoms with van der Waals surface area (Å²) in [5, 5.41) is 8.01. The number of fused-ring (bicyclic) bond motifs is 1. The second-order valence-electron chi connectivity index (χ2n) is 10.8. The normalized spacial score (nSPS) is 12.2. The molecule has 0 aliphatic heterocycles. The summed E-state index contributed by atoms with van der Waals surface area (Å²) < 4.78 is 22.4. The van der Waals surface area contributed by atoms with E-state index < -0.39 is 17.6 Å². The second-order valence-corrected chi connectivity index (χ2v) is 10.8. The SMILES string of the molecule is CNCCOCCOCCOCCN(C[C@@H](C(=O)Nc1ccc2cnccc2c1)c1ccccc1)C(=O)OC(C)(C)C. The van der Waals surface area contributed by atoms with Gasteiger partial charge < -0.3 is 34.5 Å². The van der Waals surface area contributed by atoms with E-state index in [0.29, 0.717) is 38.7 Å². The summed E-state index contributed by atoms with van der Waals surface area (Å²) in [5.41, 5.74) is 0.767. The molecule has 10 heteroatoms. The number of nitrogens with zero attached hydrogens (tertiary/aromatic N) is 2. The number of aromatic nitrogens is 1. The molecule has 3 aromatic rings. The zero-order valence-corrected chi connectivity index (χ0v) is 25.1. The molecule has 3 rings (SSSR count). The Balaban J connectivity index is 1.64. The zero-order valence-electron chi connectivity index (χ0n) is 25.1. The number of likely N-dealkylation sites (N-methyl/N-ethyl adjacent to an activating group) is 1. The number of rotatable bonds is 17. The van der Waals surface area contributed by atoms with Crippen LogP contribution in [-0.4, -0.2) is 93.8 Å². The summed E-state index contributed by atoms with van der Waals surface area (Å²) in [4.78, 5) is 32.6. The van der Waals surface area contributed by atoms with Crippen LogP contribution in [0.3, 0.4) is 0 Å². The average Bonchev–Trinajstić information content (AvgIpc) is 2.96. The number of benzene rings is 2. The molecule has 0 bridgehead atoms. The number of nitrogens with one attached hydrogen (secondary N) is 2. The van der Waals surface area contributed by atoms with Crippen molar-refractivity contribution in [2.75, 3.05) is 71.6 Å². The Morgan fingerprint density at radius 1 is 0.881 bits per heavy atom. The lowest BCUT2D eigenvalue weighted by molar-refractivity contribution is -0.118. The molecule has 0 unspecified atom stereocenters. The first-order chi connectivity index (χ1) is 20.3. The minimum atomic E-state index is -0.691. The molecule has 0 radical (unpaired) electrons. The van der Waals surface area contributed by atoms with Gasteiger partial charge >= 0.3 is 6.09 Å². The third-order valence-corrected chi connectivity index (χ3v) is 6.23. The van der Waals surface area contributed by atoms with Crippen LogP contribution >= 0.6 is 0 Å². The molecule has 0 fully saturated rings. The van der Waals surface area contributed by atoms with E-state index >= 15 is 0 Å². The van der Waals surface area contributed by atoms with Crippen LogP contribution in [0, 0.1) is 0 Å². The Labute approximate surface area is 248 Å². The maximum absolute atomic E-state index is 13.7. The van der Waals surface area contributed by atoms with Gasteiger partial charge in [0.15, 0.2) is 0 Å². The van der Waals surface area contributed by atoms with Crippen LogP contribution in [0.5, 0.6) is 0 Å². The van der Waals surface area contributed by atoms with Gasteiger partial charge in [-0.25, -0.2) is 4.79 Å². The predicted octanol–water partition coefficient (Wildman–Crippen LogP) is 4.46. The fourth-order valence-electron chi connectivity index (χ4n) is 4.11. The maximum atomic E-state index is 13.7. The van der Waals surface area contributed by atoms with Crippen molar-refractivity contribution in [3.05, 3.63) is 72.6 Å². The van der Waals surface area contributed by atoms with E-state index in [1.54, 1.807) is 12.4 Å². The van der Waals surface area contributed by atoms with Crippen molar-refractivity contribution in [1.82, 2.24) is 15.2 Å². The van der Waals surface area contributed by atoms with Crippen molar-refractivity contribution in [3.8, 4) is 0 Å². The molecule has 42 heavy (non-hydrogen) atoms. The number of carbonyl (C=O) groups excluding carboxylic acids is 2. The summed E-state index contributed by atoms with van der Waals surface area (Å²) in [7, 11) is 1.88. The number of anilines is 1. The van der Waals surface area contributed by atoms with E-state index in [2.05, 4.69) is 15.6 Å². The largest absolute Gasteiger partial charge is 0.444 e. The van der Waals surface area contributed by atoms with Gasteiger partial charge in [-0.1, -0.05) is 36.4 Å². The van der Waals surface area contributed by atoms with Gasteiger partial charge in [0.2, 0.25) is 5.91 Å². The quantitative estimate of drug-likeness (QED) is 0.225. The highest BCUT2D eigenvalue weighted by molar-refractivity contribution is 5.98. The number of carbonyl (C=O) groups is 2. The average molecular weight is 581 g/mol. The molecule has 2 N–H and O–H groups in total. The smallest absolute Gasteiger partial charge is 0.410 e. The van der Waals surface area contributed by atoms with E-state index in [0.717, 1.165) is 22.9 Å². The molecule has 10 nitrogen and oxygen atoms in total. The van der Waals surface area contributed by atoms with Crippen molar-refractivity contribution >= 4 is 28.5 Å². The van der Waals surface area contributed by atoms with Gasteiger partial charge in [0.05, 0.1) is 45.6 Å². The monoisotopic (exact) mass is 580 g/mol. The molecule has 1 aromatic heterocycles. The number of hydrogen-bond acceptors (Lipinski definition) is 8. The van der Waals surface area contributed by atoms with Gasteiger partial charge in [-0.2, -0.15) is 0 Å². The highest BCUT2D eigenvalue weighted by Crippen LogP contribution is 2.23. The molecule has 0 aliphatic rings. The lowest BCUT2D eigenvalue weighted by atomic mass is 9.97. The van der Waals surface area contributed by atoms with Gasteiger partial charge in [-0.3, -0.25) is 9.78 Å². The van der Waals surface area contributed by atoms with E-state index in [4.69, 9.17) is 18.9 Å². The third kappa shape index (κ3) is 11.7. The summed E-state index contributed by atoms with van der Waals surface area (Å²) in [6, 6.07) is 17.0. The fourth-order valence-corrected chi connectivity index (χ4v) is 4.11. The summed E-state index contributed by atoms with van der Waals surface area (Å²) in [5.74, 6) is -0.868. The number of pyridine rings is 1. The van der Waals surface area contributed by atoms with Crippen LogP contribution in [0.25, 0.3) is 10.8 Å². The van der Waals surface area contributed by atoms with Gasteiger partial charge in [0, 0.05) is 43.1 Å². The minimum Gasteiger partial charge on any atom is -0.444 e. The topological polar surface area (TPSA) is 111 Å². The lowest BCUT2D eigenvalue weighted by Gasteiger charge is -2.30. The molecule has 2 amide bonds. The van der Waals surface area contributed by atoms with Gasteiger partial charge in [-0.05, 0) is 57.0 Å². The number of amides is 2. The summed E-state index contributed by atoms with van der Waals surface area (Å²) in [6.45, 7) is 9.31. The second kappa shape index (κ2) is 17.4. The van der Waals surface area contributed by atoms with E-state index in [1.807, 2.05) is 82.4 Å². The fraction of sp³-hybridized carbons (Fsp3) is 0.469. The lowest BCUT2D eigenvalue weighted by Crippen LogP contribution is -2.43. The highest BCUT2D eigenvalue weighted by Gasteiger charge is 2.29. The Kier molecular flexibility index (Phi) is 13.6. The van der Waals surface area contributed by atoms with Crippen LogP contribution in [0.15, 0.2) is 67.0 Å².